The zero-order chi connectivity index (χ0) is 23.1. The van der Waals surface area contributed by atoms with E-state index in [-0.39, 0.29) is 0 Å². The Balaban J connectivity index is 1.55. The Morgan fingerprint density at radius 3 is 2.00 bits per heavy atom. The van der Waals surface area contributed by atoms with Crippen LogP contribution in [0.4, 0.5) is 0 Å². The molecule has 0 amide bonds. The van der Waals surface area contributed by atoms with Crippen LogP contribution < -0.4 is 9.05 Å². The molecule has 0 N–H and O–H groups in total. The Bertz CT molecular complexity index is 1270. The van der Waals surface area contributed by atoms with Gasteiger partial charge in [0.25, 0.3) is 0 Å². The lowest BCUT2D eigenvalue weighted by atomic mass is 10.0. The van der Waals surface area contributed by atoms with Crippen LogP contribution in [0.5, 0.6) is 11.5 Å². The number of allylic oxidation sites excluding steroid dienone is 6. The summed E-state index contributed by atoms with van der Waals surface area (Å²) in [6, 6.07) is 21.4. The molecule has 8 heteroatoms. The second kappa shape index (κ2) is 10.2. The number of nitrogens with zero attached hydrogens (tertiary/aromatic N) is 2. The van der Waals surface area contributed by atoms with Gasteiger partial charge in [0.15, 0.2) is 0 Å². The highest BCUT2D eigenvalue weighted by atomic mass is 32.1. The van der Waals surface area contributed by atoms with Crippen molar-refractivity contribution in [3.05, 3.63) is 112 Å². The van der Waals surface area contributed by atoms with Crippen molar-refractivity contribution in [3.63, 3.8) is 0 Å². The van der Waals surface area contributed by atoms with E-state index in [4.69, 9.17) is 13.7 Å². The Morgan fingerprint density at radius 2 is 1.52 bits per heavy atom. The van der Waals surface area contributed by atoms with Gasteiger partial charge in [-0.3, -0.25) is 4.62 Å². The van der Waals surface area contributed by atoms with Gasteiger partial charge in [-0.25, -0.2) is 0 Å². The van der Waals surface area contributed by atoms with Crippen LogP contribution in [-0.4, -0.2) is 5.71 Å². The maximum absolute atomic E-state index is 13.3. The average Bonchev–Trinajstić information content (AvgIpc) is 3.26. The first-order chi connectivity index (χ1) is 16.0. The summed E-state index contributed by atoms with van der Waals surface area (Å²) in [5, 5.41) is 15.6. The molecular weight excluding hydrogens is 455 g/mol. The van der Waals surface area contributed by atoms with E-state index < -0.39 is 7.82 Å². The van der Waals surface area contributed by atoms with Gasteiger partial charge in [-0.15, -0.1) is 11.3 Å². The molecule has 1 aliphatic carbocycles. The van der Waals surface area contributed by atoms with Crippen molar-refractivity contribution in [1.82, 2.24) is 0 Å². The van der Waals surface area contributed by atoms with Crippen LogP contribution in [-0.2, 0) is 9.19 Å². The Kier molecular flexibility index (Phi) is 6.89. The average molecular weight is 474 g/mol. The Morgan fingerprint density at radius 1 is 0.939 bits per heavy atom. The molecule has 0 radical (unpaired) electrons. The molecule has 1 aromatic heterocycles. The van der Waals surface area contributed by atoms with Gasteiger partial charge in [0.1, 0.15) is 23.3 Å². The van der Waals surface area contributed by atoms with E-state index in [2.05, 4.69) is 11.2 Å². The molecular formula is C25H19N2O4PS. The molecule has 1 heterocycles. The van der Waals surface area contributed by atoms with Crippen LogP contribution in [0.2, 0.25) is 0 Å². The number of aryl methyl sites for hydroxylation is 1. The fourth-order valence-corrected chi connectivity index (χ4v) is 4.86. The fourth-order valence-electron chi connectivity index (χ4n) is 2.88. The van der Waals surface area contributed by atoms with Crippen molar-refractivity contribution in [2.24, 2.45) is 5.16 Å². The molecule has 2 aromatic carbocycles. The molecule has 164 valence electrons. The third-order valence-corrected chi connectivity index (χ3v) is 6.63. The molecule has 3 aromatic rings. The molecule has 0 unspecified atom stereocenters. The molecule has 0 bridgehead atoms. The fraction of sp³-hybridized carbons (Fsp3) is 0.0400. The maximum Gasteiger partial charge on any atom is 0.668 e. The number of rotatable bonds is 7. The highest BCUT2D eigenvalue weighted by Gasteiger charge is 2.33. The summed E-state index contributed by atoms with van der Waals surface area (Å²) in [4.78, 5) is 0.896. The van der Waals surface area contributed by atoms with E-state index in [1.165, 1.54) is 11.3 Å². The molecule has 0 saturated heterocycles. The first kappa shape index (κ1) is 22.3. The molecule has 0 saturated carbocycles. The maximum atomic E-state index is 13.3. The lowest BCUT2D eigenvalue weighted by Gasteiger charge is -2.16. The largest absolute Gasteiger partial charge is 0.668 e. The molecule has 0 atom stereocenters. The van der Waals surface area contributed by atoms with Gasteiger partial charge in [-0.2, -0.15) is 9.83 Å². The first-order valence-corrected chi connectivity index (χ1v) is 12.3. The second-order valence-electron chi connectivity index (χ2n) is 6.95. The first-order valence-electron chi connectivity index (χ1n) is 9.97. The van der Waals surface area contributed by atoms with Crippen LogP contribution in [0.25, 0.3) is 5.57 Å². The van der Waals surface area contributed by atoms with Gasteiger partial charge >= 0.3 is 7.82 Å². The normalized spacial score (nSPS) is 12.7. The number of nitriles is 1. The van der Waals surface area contributed by atoms with Gasteiger partial charge < -0.3 is 9.05 Å². The van der Waals surface area contributed by atoms with Gasteiger partial charge in [0.2, 0.25) is 0 Å². The molecule has 0 fully saturated rings. The lowest BCUT2D eigenvalue weighted by Crippen LogP contribution is -2.04. The number of para-hydroxylation sites is 2. The van der Waals surface area contributed by atoms with Gasteiger partial charge in [-0.1, -0.05) is 53.7 Å². The SMILES string of the molecule is Cc1csc(C(C#N)=C2C=CC(=NOP(=O)(Oc3ccccc3)Oc3ccccc3)C=C2)c1. The van der Waals surface area contributed by atoms with Crippen LogP contribution in [0.1, 0.15) is 10.4 Å². The third-order valence-electron chi connectivity index (χ3n) is 4.41. The van der Waals surface area contributed by atoms with Crippen LogP contribution in [0, 0.1) is 18.3 Å². The van der Waals surface area contributed by atoms with Crippen LogP contribution in [0.3, 0.4) is 0 Å². The summed E-state index contributed by atoms with van der Waals surface area (Å²) >= 11 is 1.52. The topological polar surface area (TPSA) is 80.9 Å². The summed E-state index contributed by atoms with van der Waals surface area (Å²) < 4.78 is 29.7. The van der Waals surface area contributed by atoms with Crippen molar-refractivity contribution in [3.8, 4) is 17.6 Å². The van der Waals surface area contributed by atoms with E-state index in [1.807, 2.05) is 30.5 Å². The quantitative estimate of drug-likeness (QED) is 0.207. The number of phosphoric ester groups is 1. The monoisotopic (exact) mass is 474 g/mol. The predicted octanol–water partition coefficient (Wildman–Crippen LogP) is 7.10. The number of oxime groups is 1. The number of hydrogen-bond acceptors (Lipinski definition) is 7. The van der Waals surface area contributed by atoms with E-state index in [0.717, 1.165) is 16.0 Å². The third kappa shape index (κ3) is 5.89. The smallest absolute Gasteiger partial charge is 0.385 e. The summed E-state index contributed by atoms with van der Waals surface area (Å²) in [6.45, 7) is 1.99. The minimum absolute atomic E-state index is 0.321. The molecule has 6 nitrogen and oxygen atoms in total. The lowest BCUT2D eigenvalue weighted by molar-refractivity contribution is 0.218. The number of thiophene rings is 1. The van der Waals surface area contributed by atoms with E-state index >= 15 is 0 Å². The molecule has 0 aliphatic heterocycles. The summed E-state index contributed by atoms with van der Waals surface area (Å²) in [5.41, 5.74) is 2.83. The molecule has 33 heavy (non-hydrogen) atoms. The Hall–Kier alpha value is -3.85. The van der Waals surface area contributed by atoms with Crippen molar-refractivity contribution < 1.29 is 18.2 Å². The molecule has 4 rings (SSSR count). The van der Waals surface area contributed by atoms with E-state index in [9.17, 15) is 9.83 Å². The molecule has 0 spiro atoms. The number of benzene rings is 2. The zero-order valence-electron chi connectivity index (χ0n) is 17.6. The van der Waals surface area contributed by atoms with Crippen molar-refractivity contribution in [2.45, 2.75) is 6.92 Å². The highest BCUT2D eigenvalue weighted by molar-refractivity contribution is 7.49. The minimum Gasteiger partial charge on any atom is -0.385 e. The van der Waals surface area contributed by atoms with Gasteiger partial charge in [-0.05, 0) is 65.9 Å². The number of hydrogen-bond donors (Lipinski definition) is 0. The second-order valence-corrected chi connectivity index (χ2v) is 9.28. The van der Waals surface area contributed by atoms with E-state index in [1.54, 1.807) is 72.8 Å². The minimum atomic E-state index is -4.13. The van der Waals surface area contributed by atoms with Gasteiger partial charge in [0.05, 0.1) is 5.57 Å². The molecule has 1 aliphatic rings. The Labute approximate surface area is 196 Å². The summed E-state index contributed by atoms with van der Waals surface area (Å²) in [5.74, 6) is 0.642. The predicted molar refractivity (Wildman–Crippen MR) is 130 cm³/mol. The highest BCUT2D eigenvalue weighted by Crippen LogP contribution is 2.50. The summed E-state index contributed by atoms with van der Waals surface area (Å²) in [7, 11) is -4.13. The van der Waals surface area contributed by atoms with Crippen molar-refractivity contribution >= 4 is 30.4 Å². The van der Waals surface area contributed by atoms with Crippen molar-refractivity contribution in [2.75, 3.05) is 0 Å². The van der Waals surface area contributed by atoms with Gasteiger partial charge in [0, 0.05) is 4.88 Å². The standard InChI is InChI=1S/C25H19N2O4PS/c1-19-16-25(33-18-19)24(17-26)20-12-14-21(15-13-20)27-31-32(28,29-22-8-4-2-5-9-22)30-23-10-6-3-7-11-23/h2-16,18H,1H3. The number of phosphoric acid groups is 1. The zero-order valence-corrected chi connectivity index (χ0v) is 19.3. The van der Waals surface area contributed by atoms with Crippen LogP contribution >= 0.6 is 19.2 Å². The van der Waals surface area contributed by atoms with Crippen molar-refractivity contribution in [1.29, 1.82) is 5.26 Å². The van der Waals surface area contributed by atoms with Crippen LogP contribution in [0.15, 0.2) is 107 Å². The summed E-state index contributed by atoms with van der Waals surface area (Å²) in [6.07, 6.45) is 6.86. The van der Waals surface area contributed by atoms with E-state index in [0.29, 0.717) is 22.8 Å².